The molecule has 1 aliphatic rings. The Morgan fingerprint density at radius 1 is 0.367 bits per heavy atom. The first-order valence-corrected chi connectivity index (χ1v) is 10.8. The molecule has 0 bridgehead atoms. The maximum atomic E-state index is 2.48. The van der Waals surface area contributed by atoms with Crippen molar-refractivity contribution in [3.05, 3.63) is 88.0 Å². The Balaban J connectivity index is 1.75. The van der Waals surface area contributed by atoms with Crippen LogP contribution in [-0.4, -0.2) is 20.0 Å². The zero-order valence-electron chi connectivity index (χ0n) is 19.2. The van der Waals surface area contributed by atoms with Gasteiger partial charge in [-0.1, -0.05) is 18.2 Å². The molecule has 1 saturated heterocycles. The second-order valence-corrected chi connectivity index (χ2v) is 9.08. The van der Waals surface area contributed by atoms with Crippen LogP contribution in [0.25, 0.3) is 0 Å². The fourth-order valence-electron chi connectivity index (χ4n) is 4.64. The van der Waals surface area contributed by atoms with Gasteiger partial charge in [-0.2, -0.15) is 0 Å². The largest absolute Gasteiger partial charge is 0.336 e. The van der Waals surface area contributed by atoms with Gasteiger partial charge in [-0.15, -0.1) is 0 Å². The molecule has 3 heteroatoms. The van der Waals surface area contributed by atoms with Gasteiger partial charge >= 0.3 is 0 Å². The minimum absolute atomic E-state index is 0.882. The Hall–Kier alpha value is -2.94. The van der Waals surface area contributed by atoms with Crippen LogP contribution in [0.2, 0.25) is 0 Å². The molecule has 3 aromatic carbocycles. The third kappa shape index (κ3) is 4.46. The van der Waals surface area contributed by atoms with Crippen LogP contribution in [-0.2, 0) is 0 Å². The lowest BCUT2D eigenvalue weighted by Crippen LogP contribution is -2.55. The summed E-state index contributed by atoms with van der Waals surface area (Å²) in [4.78, 5) is 7.45. The highest BCUT2D eigenvalue weighted by atomic mass is 15.5. The summed E-state index contributed by atoms with van der Waals surface area (Å²) in [7, 11) is 0. The maximum absolute atomic E-state index is 2.48. The van der Waals surface area contributed by atoms with E-state index in [0.29, 0.717) is 0 Å². The Morgan fingerprint density at radius 2 is 0.567 bits per heavy atom. The molecule has 0 atom stereocenters. The van der Waals surface area contributed by atoms with Crippen molar-refractivity contribution < 1.29 is 0 Å². The minimum atomic E-state index is 0.882. The zero-order valence-corrected chi connectivity index (χ0v) is 19.2. The van der Waals surface area contributed by atoms with Crippen molar-refractivity contribution in [2.75, 3.05) is 34.7 Å². The van der Waals surface area contributed by atoms with E-state index in [9.17, 15) is 0 Å². The molecule has 3 nitrogen and oxygen atoms in total. The number of rotatable bonds is 3. The first kappa shape index (κ1) is 20.3. The summed E-state index contributed by atoms with van der Waals surface area (Å²) >= 11 is 0. The molecule has 0 saturated carbocycles. The van der Waals surface area contributed by atoms with Gasteiger partial charge < -0.3 is 14.7 Å². The normalized spacial score (nSPS) is 14.4. The first-order chi connectivity index (χ1) is 14.3. The highest BCUT2D eigenvalue weighted by molar-refractivity contribution is 5.61. The van der Waals surface area contributed by atoms with Crippen LogP contribution in [0, 0.1) is 41.5 Å². The average Bonchev–Trinajstić information content (AvgIpc) is 2.65. The molecule has 1 heterocycles. The highest BCUT2D eigenvalue weighted by Gasteiger charge is 2.25. The lowest BCUT2D eigenvalue weighted by molar-refractivity contribution is 0.610. The van der Waals surface area contributed by atoms with Gasteiger partial charge in [0.2, 0.25) is 0 Å². The number of benzene rings is 3. The van der Waals surface area contributed by atoms with Crippen molar-refractivity contribution in [1.82, 2.24) is 0 Å². The molecule has 1 aliphatic heterocycles. The van der Waals surface area contributed by atoms with Crippen LogP contribution in [0.4, 0.5) is 17.1 Å². The van der Waals surface area contributed by atoms with Crippen LogP contribution in [0.1, 0.15) is 33.4 Å². The lowest BCUT2D eigenvalue weighted by atomic mass is 10.1. The number of aryl methyl sites for hydroxylation is 6. The molecular weight excluding hydrogens is 366 g/mol. The van der Waals surface area contributed by atoms with E-state index >= 15 is 0 Å². The molecule has 0 spiro atoms. The molecular formula is C27H33N3. The second-order valence-electron chi connectivity index (χ2n) is 9.08. The van der Waals surface area contributed by atoms with Gasteiger partial charge in [-0.05, 0) is 111 Å². The van der Waals surface area contributed by atoms with Crippen molar-refractivity contribution in [3.63, 3.8) is 0 Å². The van der Waals surface area contributed by atoms with Crippen LogP contribution >= 0.6 is 0 Å². The predicted octanol–water partition coefficient (Wildman–Crippen LogP) is 6.24. The summed E-state index contributed by atoms with van der Waals surface area (Å²) in [5.74, 6) is 0. The quantitative estimate of drug-likeness (QED) is 0.516. The van der Waals surface area contributed by atoms with Crippen LogP contribution < -0.4 is 14.7 Å². The molecule has 3 aromatic rings. The first-order valence-electron chi connectivity index (χ1n) is 10.8. The molecule has 0 amide bonds. The summed E-state index contributed by atoms with van der Waals surface area (Å²) in [5, 5.41) is 0. The van der Waals surface area contributed by atoms with Crippen molar-refractivity contribution in [2.45, 2.75) is 41.5 Å². The predicted molar refractivity (Wildman–Crippen MR) is 130 cm³/mol. The topological polar surface area (TPSA) is 9.72 Å². The molecule has 30 heavy (non-hydrogen) atoms. The second kappa shape index (κ2) is 8.06. The van der Waals surface area contributed by atoms with Crippen molar-refractivity contribution in [3.8, 4) is 0 Å². The van der Waals surface area contributed by atoms with E-state index in [1.165, 1.54) is 50.4 Å². The van der Waals surface area contributed by atoms with E-state index in [2.05, 4.69) is 111 Å². The van der Waals surface area contributed by atoms with Gasteiger partial charge in [-0.3, -0.25) is 0 Å². The van der Waals surface area contributed by atoms with Gasteiger partial charge in [0.25, 0.3) is 0 Å². The molecule has 4 rings (SSSR count). The third-order valence-corrected chi connectivity index (χ3v) is 5.74. The summed E-state index contributed by atoms with van der Waals surface area (Å²) in [6, 6.07) is 20.6. The van der Waals surface area contributed by atoms with E-state index in [-0.39, 0.29) is 0 Å². The van der Waals surface area contributed by atoms with Crippen molar-refractivity contribution in [2.24, 2.45) is 0 Å². The highest BCUT2D eigenvalue weighted by Crippen LogP contribution is 2.29. The Kier molecular flexibility index (Phi) is 5.46. The van der Waals surface area contributed by atoms with Crippen LogP contribution in [0.15, 0.2) is 54.6 Å². The van der Waals surface area contributed by atoms with Crippen molar-refractivity contribution in [1.29, 1.82) is 0 Å². The van der Waals surface area contributed by atoms with Crippen LogP contribution in [0.5, 0.6) is 0 Å². The SMILES string of the molecule is Cc1cc(C)cc(N2CN(c3cc(C)cc(C)c3)CN(c3cc(C)cc(C)c3)C2)c1. The fourth-order valence-corrected chi connectivity index (χ4v) is 4.64. The summed E-state index contributed by atoms with van der Waals surface area (Å²) < 4.78 is 0. The van der Waals surface area contributed by atoms with E-state index < -0.39 is 0 Å². The Labute approximate surface area is 181 Å². The number of nitrogens with zero attached hydrogens (tertiary/aromatic N) is 3. The molecule has 156 valence electrons. The standard InChI is InChI=1S/C27H33N3/c1-19-7-20(2)11-25(10-19)28-16-29(26-12-21(3)8-22(4)13-26)18-30(17-28)27-14-23(5)9-24(6)15-27/h7-15H,16-18H2,1-6H3. The fraction of sp³-hybridized carbons (Fsp3) is 0.333. The summed E-state index contributed by atoms with van der Waals surface area (Å²) in [6.45, 7) is 15.8. The van der Waals surface area contributed by atoms with E-state index in [1.807, 2.05) is 0 Å². The number of hydrogen-bond acceptors (Lipinski definition) is 3. The Bertz CT molecular complexity index is 866. The number of hydrogen-bond donors (Lipinski definition) is 0. The lowest BCUT2D eigenvalue weighted by Gasteiger charge is -2.45. The molecule has 0 radical (unpaired) electrons. The smallest absolute Gasteiger partial charge is 0.0937 e. The van der Waals surface area contributed by atoms with Crippen molar-refractivity contribution >= 4 is 17.1 Å². The number of anilines is 3. The molecule has 1 fully saturated rings. The molecule has 0 N–H and O–H groups in total. The van der Waals surface area contributed by atoms with E-state index in [4.69, 9.17) is 0 Å². The summed E-state index contributed by atoms with van der Waals surface area (Å²) in [6.07, 6.45) is 0. The minimum Gasteiger partial charge on any atom is -0.336 e. The van der Waals surface area contributed by atoms with E-state index in [1.54, 1.807) is 0 Å². The van der Waals surface area contributed by atoms with Crippen LogP contribution in [0.3, 0.4) is 0 Å². The van der Waals surface area contributed by atoms with Gasteiger partial charge in [0, 0.05) is 17.1 Å². The third-order valence-electron chi connectivity index (χ3n) is 5.74. The van der Waals surface area contributed by atoms with Gasteiger partial charge in [0.05, 0.1) is 20.0 Å². The zero-order chi connectivity index (χ0) is 21.4. The van der Waals surface area contributed by atoms with E-state index in [0.717, 1.165) is 20.0 Å². The molecule has 0 aromatic heterocycles. The maximum Gasteiger partial charge on any atom is 0.0937 e. The Morgan fingerprint density at radius 3 is 0.767 bits per heavy atom. The monoisotopic (exact) mass is 399 g/mol. The molecule has 0 aliphatic carbocycles. The average molecular weight is 400 g/mol. The van der Waals surface area contributed by atoms with Gasteiger partial charge in [0.1, 0.15) is 0 Å². The van der Waals surface area contributed by atoms with Gasteiger partial charge in [-0.25, -0.2) is 0 Å². The van der Waals surface area contributed by atoms with Gasteiger partial charge in [0.15, 0.2) is 0 Å². The molecule has 0 unspecified atom stereocenters. The summed E-state index contributed by atoms with van der Waals surface area (Å²) in [5.41, 5.74) is 11.7.